The van der Waals surface area contributed by atoms with Gasteiger partial charge in [0, 0.05) is 22.4 Å². The second-order valence-corrected chi connectivity index (χ2v) is 6.03. The molecule has 4 heteroatoms. The lowest BCUT2D eigenvalue weighted by molar-refractivity contribution is 0.196. The fraction of sp³-hybridized carbons (Fsp3) is 0.176. The Hall–Kier alpha value is -1.58. The Kier molecular flexibility index (Phi) is 4.42. The predicted molar refractivity (Wildman–Crippen MR) is 86.9 cm³/mol. The molecule has 0 radical (unpaired) electrons. The van der Waals surface area contributed by atoms with Gasteiger partial charge in [-0.05, 0) is 29.1 Å². The number of hydrogen-bond donors (Lipinski definition) is 0. The van der Waals surface area contributed by atoms with Crippen LogP contribution in [0.3, 0.4) is 0 Å². The van der Waals surface area contributed by atoms with E-state index in [4.69, 9.17) is 16.3 Å². The number of ether oxygens (including phenoxy) is 1. The van der Waals surface area contributed by atoms with Crippen molar-refractivity contribution < 1.29 is 9.13 Å². The normalized spacial score (nSPS) is 12.5. The maximum absolute atomic E-state index is 14.2. The zero-order valence-electron chi connectivity index (χ0n) is 11.3. The molecule has 0 aliphatic rings. The van der Waals surface area contributed by atoms with E-state index in [1.807, 2.05) is 41.8 Å². The second kappa shape index (κ2) is 6.46. The fourth-order valence-electron chi connectivity index (χ4n) is 2.31. The van der Waals surface area contributed by atoms with Gasteiger partial charge in [0.1, 0.15) is 6.10 Å². The Bertz CT molecular complexity index is 726. The first kappa shape index (κ1) is 14.4. The van der Waals surface area contributed by atoms with Crippen molar-refractivity contribution in [2.45, 2.75) is 12.5 Å². The van der Waals surface area contributed by atoms with Gasteiger partial charge in [-0.15, -0.1) is 22.9 Å². The SMILES string of the molecule is Fc1ccc2sccc2c1OC(CCCl)c1ccccc1. The maximum atomic E-state index is 14.2. The average molecular weight is 321 g/mol. The highest BCUT2D eigenvalue weighted by Crippen LogP contribution is 2.36. The topological polar surface area (TPSA) is 9.23 Å². The first-order valence-corrected chi connectivity index (χ1v) is 8.14. The van der Waals surface area contributed by atoms with E-state index in [9.17, 15) is 4.39 Å². The summed E-state index contributed by atoms with van der Waals surface area (Å²) < 4.78 is 21.2. The van der Waals surface area contributed by atoms with Gasteiger partial charge < -0.3 is 4.74 Å². The maximum Gasteiger partial charge on any atom is 0.165 e. The highest BCUT2D eigenvalue weighted by molar-refractivity contribution is 7.17. The van der Waals surface area contributed by atoms with E-state index in [0.717, 1.165) is 15.6 Å². The lowest BCUT2D eigenvalue weighted by Gasteiger charge is -2.19. The molecule has 1 aromatic heterocycles. The standard InChI is InChI=1S/C17H14ClFOS/c18-10-8-15(12-4-2-1-3-5-12)20-17-13-9-11-21-16(13)7-6-14(17)19/h1-7,9,11,15H,8,10H2. The molecule has 0 saturated carbocycles. The van der Waals surface area contributed by atoms with Crippen LogP contribution in [0.4, 0.5) is 4.39 Å². The molecule has 0 spiro atoms. The summed E-state index contributed by atoms with van der Waals surface area (Å²) in [6, 6.07) is 14.9. The average Bonchev–Trinajstić information content (AvgIpc) is 2.99. The zero-order valence-corrected chi connectivity index (χ0v) is 12.8. The van der Waals surface area contributed by atoms with Gasteiger partial charge in [0.25, 0.3) is 0 Å². The van der Waals surface area contributed by atoms with Crippen LogP contribution in [-0.4, -0.2) is 5.88 Å². The molecule has 0 amide bonds. The molecule has 0 N–H and O–H groups in total. The number of halogens is 2. The lowest BCUT2D eigenvalue weighted by Crippen LogP contribution is -2.09. The van der Waals surface area contributed by atoms with Crippen molar-refractivity contribution in [2.75, 3.05) is 5.88 Å². The van der Waals surface area contributed by atoms with Gasteiger partial charge in [-0.2, -0.15) is 0 Å². The molecule has 108 valence electrons. The number of thiophene rings is 1. The Morgan fingerprint density at radius 2 is 1.90 bits per heavy atom. The van der Waals surface area contributed by atoms with Crippen LogP contribution < -0.4 is 4.74 Å². The molecule has 1 heterocycles. The van der Waals surface area contributed by atoms with Crippen molar-refractivity contribution in [3.05, 3.63) is 65.3 Å². The van der Waals surface area contributed by atoms with Gasteiger partial charge >= 0.3 is 0 Å². The van der Waals surface area contributed by atoms with E-state index >= 15 is 0 Å². The minimum atomic E-state index is -0.337. The largest absolute Gasteiger partial charge is 0.482 e. The number of benzene rings is 2. The minimum absolute atomic E-state index is 0.247. The van der Waals surface area contributed by atoms with E-state index in [2.05, 4.69) is 0 Å². The first-order valence-electron chi connectivity index (χ1n) is 6.73. The molecule has 0 aliphatic heterocycles. The van der Waals surface area contributed by atoms with Gasteiger partial charge in [0.15, 0.2) is 11.6 Å². The Balaban J connectivity index is 1.98. The number of rotatable bonds is 5. The summed E-state index contributed by atoms with van der Waals surface area (Å²) in [5.74, 6) is 0.435. The highest BCUT2D eigenvalue weighted by atomic mass is 35.5. The molecule has 0 saturated heterocycles. The number of alkyl halides is 1. The third-order valence-corrected chi connectivity index (χ3v) is 4.44. The molecular weight excluding hydrogens is 307 g/mol. The monoisotopic (exact) mass is 320 g/mol. The summed E-state index contributed by atoms with van der Waals surface area (Å²) >= 11 is 7.45. The zero-order chi connectivity index (χ0) is 14.7. The lowest BCUT2D eigenvalue weighted by atomic mass is 10.1. The summed E-state index contributed by atoms with van der Waals surface area (Å²) in [4.78, 5) is 0. The van der Waals surface area contributed by atoms with Gasteiger partial charge in [0.2, 0.25) is 0 Å². The van der Waals surface area contributed by atoms with Gasteiger partial charge in [0.05, 0.1) is 0 Å². The van der Waals surface area contributed by atoms with Gasteiger partial charge in [-0.1, -0.05) is 30.3 Å². The Labute approximate surface area is 131 Å². The molecule has 3 aromatic rings. The quantitative estimate of drug-likeness (QED) is 0.541. The van der Waals surface area contributed by atoms with Crippen molar-refractivity contribution in [1.82, 2.24) is 0 Å². The van der Waals surface area contributed by atoms with Crippen LogP contribution in [0.25, 0.3) is 10.1 Å². The van der Waals surface area contributed by atoms with Crippen LogP contribution in [0, 0.1) is 5.82 Å². The smallest absolute Gasteiger partial charge is 0.165 e. The third kappa shape index (κ3) is 3.04. The van der Waals surface area contributed by atoms with Crippen molar-refractivity contribution in [3.63, 3.8) is 0 Å². The Morgan fingerprint density at radius 3 is 2.67 bits per heavy atom. The highest BCUT2D eigenvalue weighted by Gasteiger charge is 2.17. The van der Waals surface area contributed by atoms with E-state index < -0.39 is 0 Å². The number of hydrogen-bond acceptors (Lipinski definition) is 2. The molecule has 1 atom stereocenters. The molecule has 0 aliphatic carbocycles. The van der Waals surface area contributed by atoms with E-state index in [0.29, 0.717) is 18.1 Å². The van der Waals surface area contributed by atoms with Crippen LogP contribution in [0.1, 0.15) is 18.1 Å². The molecule has 3 rings (SSSR count). The number of fused-ring (bicyclic) bond motifs is 1. The van der Waals surface area contributed by atoms with Crippen molar-refractivity contribution in [1.29, 1.82) is 0 Å². The van der Waals surface area contributed by atoms with Crippen molar-refractivity contribution in [2.24, 2.45) is 0 Å². The van der Waals surface area contributed by atoms with E-state index in [1.165, 1.54) is 6.07 Å². The summed E-state index contributed by atoms with van der Waals surface area (Å²) in [6.07, 6.45) is 0.384. The predicted octanol–water partition coefficient (Wildman–Crippen LogP) is 5.79. The minimum Gasteiger partial charge on any atom is -0.482 e. The van der Waals surface area contributed by atoms with E-state index in [1.54, 1.807) is 17.4 Å². The van der Waals surface area contributed by atoms with Crippen molar-refractivity contribution in [3.8, 4) is 5.75 Å². The second-order valence-electron chi connectivity index (χ2n) is 4.70. The fourth-order valence-corrected chi connectivity index (χ4v) is 3.30. The van der Waals surface area contributed by atoms with Crippen LogP contribution in [0.5, 0.6) is 5.75 Å². The van der Waals surface area contributed by atoms with Crippen molar-refractivity contribution >= 4 is 33.0 Å². The third-order valence-electron chi connectivity index (χ3n) is 3.34. The molecule has 2 aromatic carbocycles. The summed E-state index contributed by atoms with van der Waals surface area (Å²) in [7, 11) is 0. The van der Waals surface area contributed by atoms with Crippen LogP contribution in [-0.2, 0) is 0 Å². The summed E-state index contributed by atoms with van der Waals surface area (Å²) in [5, 5.41) is 2.76. The molecular formula is C17H14ClFOS. The molecule has 21 heavy (non-hydrogen) atoms. The Morgan fingerprint density at radius 1 is 1.10 bits per heavy atom. The van der Waals surface area contributed by atoms with Gasteiger partial charge in [-0.3, -0.25) is 0 Å². The van der Waals surface area contributed by atoms with Crippen LogP contribution >= 0.6 is 22.9 Å². The first-order chi connectivity index (χ1) is 10.3. The summed E-state index contributed by atoms with van der Waals surface area (Å²) in [5.41, 5.74) is 1.00. The van der Waals surface area contributed by atoms with Crippen LogP contribution in [0.15, 0.2) is 53.9 Å². The van der Waals surface area contributed by atoms with Gasteiger partial charge in [-0.25, -0.2) is 4.39 Å². The summed E-state index contributed by atoms with van der Waals surface area (Å²) in [6.45, 7) is 0. The van der Waals surface area contributed by atoms with E-state index in [-0.39, 0.29) is 11.9 Å². The molecule has 0 bridgehead atoms. The van der Waals surface area contributed by atoms with Crippen LogP contribution in [0.2, 0.25) is 0 Å². The molecule has 0 fully saturated rings. The molecule has 1 unspecified atom stereocenters. The molecule has 1 nitrogen and oxygen atoms in total.